The van der Waals surface area contributed by atoms with Crippen molar-refractivity contribution < 1.29 is 9.53 Å². The van der Waals surface area contributed by atoms with Crippen LogP contribution in [0.2, 0.25) is 0 Å². The average Bonchev–Trinajstić information content (AvgIpc) is 2.94. The number of ketones is 1. The quantitative estimate of drug-likeness (QED) is 0.702. The number of carbonyl (C=O) groups excluding carboxylic acids is 1. The number of rotatable bonds is 2. The highest BCUT2D eigenvalue weighted by atomic mass is 79.9. The molecule has 2 aromatic rings. The molecular weight excluding hydrogens is 380 g/mol. The van der Waals surface area contributed by atoms with Gasteiger partial charge in [0, 0.05) is 15.4 Å². The maximum absolute atomic E-state index is 12.5. The largest absolute Gasteiger partial charge is 0.492 e. The molecule has 1 aliphatic rings. The maximum atomic E-state index is 12.5. The molecule has 2 nitrogen and oxygen atoms in total. The summed E-state index contributed by atoms with van der Waals surface area (Å²) < 4.78 is 7.31. The zero-order chi connectivity index (χ0) is 12.7. The molecule has 1 aromatic carbocycles. The van der Waals surface area contributed by atoms with Crippen LogP contribution in [0.15, 0.2) is 38.6 Å². The second-order valence-electron chi connectivity index (χ2n) is 3.99. The summed E-state index contributed by atoms with van der Waals surface area (Å²) in [7, 11) is 0. The molecule has 5 heteroatoms. The van der Waals surface area contributed by atoms with E-state index in [1.54, 1.807) is 0 Å². The average molecular weight is 388 g/mol. The number of hydrogen-bond donors (Lipinski definition) is 0. The second kappa shape index (κ2) is 4.79. The van der Waals surface area contributed by atoms with Gasteiger partial charge in [0.25, 0.3) is 0 Å². The lowest BCUT2D eigenvalue weighted by molar-refractivity contribution is 0.0951. The van der Waals surface area contributed by atoms with Crippen molar-refractivity contribution in [2.45, 2.75) is 5.92 Å². The number of ether oxygens (including phenoxy) is 1. The Hall–Kier alpha value is -0.650. The van der Waals surface area contributed by atoms with Gasteiger partial charge in [-0.25, -0.2) is 0 Å². The summed E-state index contributed by atoms with van der Waals surface area (Å²) in [5, 5.41) is 1.92. The third kappa shape index (κ3) is 1.94. The Balaban J connectivity index is 1.98. The van der Waals surface area contributed by atoms with E-state index in [2.05, 4.69) is 31.9 Å². The maximum Gasteiger partial charge on any atom is 0.184 e. The number of halogens is 2. The standard InChI is InChI=1S/C13H8Br2O2S/c14-9-6-18-13(11(9)15)12(16)8-5-17-10-4-2-1-3-7(8)10/h1-4,6,8H,5H2. The van der Waals surface area contributed by atoms with E-state index in [1.165, 1.54) is 11.3 Å². The summed E-state index contributed by atoms with van der Waals surface area (Å²) in [5.41, 5.74) is 0.985. The van der Waals surface area contributed by atoms with Crippen molar-refractivity contribution in [1.82, 2.24) is 0 Å². The summed E-state index contributed by atoms with van der Waals surface area (Å²) in [6.45, 7) is 0.431. The van der Waals surface area contributed by atoms with Crippen LogP contribution in [0.5, 0.6) is 5.75 Å². The molecule has 1 unspecified atom stereocenters. The molecule has 1 aliphatic heterocycles. The van der Waals surface area contributed by atoms with Gasteiger partial charge in [-0.2, -0.15) is 0 Å². The molecule has 3 rings (SSSR count). The van der Waals surface area contributed by atoms with Crippen molar-refractivity contribution in [3.63, 3.8) is 0 Å². The first-order valence-electron chi connectivity index (χ1n) is 5.37. The van der Waals surface area contributed by atoms with E-state index < -0.39 is 0 Å². The monoisotopic (exact) mass is 386 g/mol. The van der Waals surface area contributed by atoms with Crippen LogP contribution in [0.25, 0.3) is 0 Å². The minimum Gasteiger partial charge on any atom is -0.492 e. The number of thiophene rings is 1. The second-order valence-corrected chi connectivity index (χ2v) is 6.52. The molecule has 0 saturated carbocycles. The summed E-state index contributed by atoms with van der Waals surface area (Å²) in [6.07, 6.45) is 0. The number of para-hydroxylation sites is 1. The highest BCUT2D eigenvalue weighted by Gasteiger charge is 2.32. The lowest BCUT2D eigenvalue weighted by atomic mass is 9.96. The molecular formula is C13H8Br2O2S. The van der Waals surface area contributed by atoms with Crippen LogP contribution in [0.4, 0.5) is 0 Å². The first-order valence-corrected chi connectivity index (χ1v) is 7.83. The minimum absolute atomic E-state index is 0.113. The van der Waals surface area contributed by atoms with E-state index in [9.17, 15) is 4.79 Å². The number of Topliss-reactive ketones (excluding diaryl/α,β-unsaturated/α-hetero) is 1. The van der Waals surface area contributed by atoms with Crippen LogP contribution < -0.4 is 4.74 Å². The molecule has 0 saturated heterocycles. The molecule has 0 spiro atoms. The Labute approximate surface area is 125 Å². The van der Waals surface area contributed by atoms with Crippen LogP contribution in [0.3, 0.4) is 0 Å². The normalized spacial score (nSPS) is 17.3. The lowest BCUT2D eigenvalue weighted by Gasteiger charge is -2.06. The molecule has 1 atom stereocenters. The van der Waals surface area contributed by atoms with Crippen LogP contribution in [0, 0.1) is 0 Å². The van der Waals surface area contributed by atoms with Crippen molar-refractivity contribution in [2.75, 3.05) is 6.61 Å². The van der Waals surface area contributed by atoms with Crippen LogP contribution in [0.1, 0.15) is 21.2 Å². The van der Waals surface area contributed by atoms with Gasteiger partial charge in [0.05, 0.1) is 15.3 Å². The van der Waals surface area contributed by atoms with E-state index >= 15 is 0 Å². The molecule has 0 radical (unpaired) electrons. The van der Waals surface area contributed by atoms with Gasteiger partial charge in [-0.05, 0) is 37.9 Å². The van der Waals surface area contributed by atoms with E-state index in [0.717, 1.165) is 25.1 Å². The lowest BCUT2D eigenvalue weighted by Crippen LogP contribution is -2.13. The van der Waals surface area contributed by atoms with Gasteiger partial charge < -0.3 is 4.74 Å². The van der Waals surface area contributed by atoms with E-state index in [0.29, 0.717) is 6.61 Å². The Kier molecular flexibility index (Phi) is 3.30. The van der Waals surface area contributed by atoms with Crippen LogP contribution in [-0.2, 0) is 0 Å². The topological polar surface area (TPSA) is 26.3 Å². The molecule has 0 N–H and O–H groups in total. The van der Waals surface area contributed by atoms with Gasteiger partial charge in [-0.15, -0.1) is 11.3 Å². The van der Waals surface area contributed by atoms with E-state index in [-0.39, 0.29) is 11.7 Å². The first-order chi connectivity index (χ1) is 8.68. The van der Waals surface area contributed by atoms with E-state index in [1.807, 2.05) is 29.6 Å². The fraction of sp³-hybridized carbons (Fsp3) is 0.154. The van der Waals surface area contributed by atoms with Gasteiger partial charge in [0.2, 0.25) is 0 Å². The Morgan fingerprint density at radius 2 is 2.11 bits per heavy atom. The van der Waals surface area contributed by atoms with Crippen LogP contribution in [-0.4, -0.2) is 12.4 Å². The fourth-order valence-corrected chi connectivity index (χ4v) is 4.19. The van der Waals surface area contributed by atoms with E-state index in [4.69, 9.17) is 4.74 Å². The SMILES string of the molecule is O=C(c1scc(Br)c1Br)C1COc2ccccc21. The number of fused-ring (bicyclic) bond motifs is 1. The summed E-state index contributed by atoms with van der Waals surface area (Å²) in [6, 6.07) is 7.72. The smallest absolute Gasteiger partial charge is 0.184 e. The van der Waals surface area contributed by atoms with Gasteiger partial charge in [-0.3, -0.25) is 4.79 Å². The third-order valence-electron chi connectivity index (χ3n) is 2.93. The third-order valence-corrected chi connectivity index (χ3v) is 6.47. The van der Waals surface area contributed by atoms with Crippen molar-refractivity contribution in [2.24, 2.45) is 0 Å². The van der Waals surface area contributed by atoms with Crippen LogP contribution >= 0.6 is 43.2 Å². The molecule has 92 valence electrons. The Bertz CT molecular complexity index is 621. The Morgan fingerprint density at radius 1 is 1.33 bits per heavy atom. The Morgan fingerprint density at radius 3 is 2.83 bits per heavy atom. The van der Waals surface area contributed by atoms with Gasteiger partial charge in [0.15, 0.2) is 5.78 Å². The predicted octanol–water partition coefficient (Wildman–Crippen LogP) is 4.63. The zero-order valence-electron chi connectivity index (χ0n) is 9.15. The molecule has 18 heavy (non-hydrogen) atoms. The highest BCUT2D eigenvalue weighted by molar-refractivity contribution is 9.13. The highest BCUT2D eigenvalue weighted by Crippen LogP contribution is 2.40. The fourth-order valence-electron chi connectivity index (χ4n) is 2.03. The van der Waals surface area contributed by atoms with Gasteiger partial charge >= 0.3 is 0 Å². The zero-order valence-corrected chi connectivity index (χ0v) is 13.1. The minimum atomic E-state index is -0.192. The van der Waals surface area contributed by atoms with Gasteiger partial charge in [0.1, 0.15) is 12.4 Å². The first kappa shape index (κ1) is 12.4. The van der Waals surface area contributed by atoms with Crippen molar-refractivity contribution in [3.05, 3.63) is 49.0 Å². The molecule has 0 fully saturated rings. The van der Waals surface area contributed by atoms with Crippen molar-refractivity contribution in [1.29, 1.82) is 0 Å². The number of carbonyl (C=O) groups is 1. The molecule has 0 bridgehead atoms. The number of benzene rings is 1. The molecule has 0 amide bonds. The summed E-state index contributed by atoms with van der Waals surface area (Å²) in [5.74, 6) is 0.744. The van der Waals surface area contributed by atoms with Crippen molar-refractivity contribution >= 4 is 49.0 Å². The summed E-state index contributed by atoms with van der Waals surface area (Å²) >= 11 is 8.29. The van der Waals surface area contributed by atoms with Gasteiger partial charge in [-0.1, -0.05) is 18.2 Å². The summed E-state index contributed by atoms with van der Waals surface area (Å²) in [4.78, 5) is 13.3. The van der Waals surface area contributed by atoms with Crippen molar-refractivity contribution in [3.8, 4) is 5.75 Å². The molecule has 0 aliphatic carbocycles. The predicted molar refractivity (Wildman–Crippen MR) is 78.7 cm³/mol. The molecule has 2 heterocycles. The number of hydrogen-bond acceptors (Lipinski definition) is 3. The molecule has 1 aromatic heterocycles.